The molecular formula is C19H18N4O6S. The van der Waals surface area contributed by atoms with Gasteiger partial charge in [0.15, 0.2) is 0 Å². The van der Waals surface area contributed by atoms with Crippen molar-refractivity contribution in [3.05, 3.63) is 55.9 Å². The van der Waals surface area contributed by atoms with Crippen LogP contribution in [0.2, 0.25) is 0 Å². The van der Waals surface area contributed by atoms with Crippen molar-refractivity contribution >= 4 is 46.0 Å². The van der Waals surface area contributed by atoms with Gasteiger partial charge in [0.1, 0.15) is 5.00 Å². The maximum Gasteiger partial charge on any atom is 0.341 e. The number of hydrogen-bond donors (Lipinski definition) is 2. The fourth-order valence-electron chi connectivity index (χ4n) is 3.05. The second-order valence-corrected chi connectivity index (χ2v) is 7.36. The molecular weight excluding hydrogens is 412 g/mol. The molecule has 0 aliphatic heterocycles. The van der Waals surface area contributed by atoms with Crippen molar-refractivity contribution in [2.45, 2.75) is 26.2 Å². The molecule has 0 bridgehead atoms. The summed E-state index contributed by atoms with van der Waals surface area (Å²) < 4.78 is 5.08. The van der Waals surface area contributed by atoms with Gasteiger partial charge in [-0.15, -0.1) is 11.3 Å². The maximum absolute atomic E-state index is 12.3. The quantitative estimate of drug-likeness (QED) is 0.237. The van der Waals surface area contributed by atoms with Crippen molar-refractivity contribution in [1.82, 2.24) is 5.43 Å². The summed E-state index contributed by atoms with van der Waals surface area (Å²) >= 11 is 1.25. The zero-order valence-corrected chi connectivity index (χ0v) is 16.8. The van der Waals surface area contributed by atoms with E-state index >= 15 is 0 Å². The molecule has 10 nitrogen and oxygen atoms in total. The van der Waals surface area contributed by atoms with Gasteiger partial charge in [-0.2, -0.15) is 5.10 Å². The number of nitrogens with one attached hydrogen (secondary N) is 2. The molecule has 2 amide bonds. The van der Waals surface area contributed by atoms with Gasteiger partial charge in [0, 0.05) is 10.9 Å². The van der Waals surface area contributed by atoms with E-state index in [0.29, 0.717) is 12.0 Å². The molecule has 0 radical (unpaired) electrons. The number of anilines is 1. The highest BCUT2D eigenvalue weighted by Gasteiger charge is 2.29. The fraction of sp³-hybridized carbons (Fsp3) is 0.263. The van der Waals surface area contributed by atoms with Crippen LogP contribution in [0.5, 0.6) is 0 Å². The van der Waals surface area contributed by atoms with E-state index in [9.17, 15) is 24.5 Å². The minimum Gasteiger partial charge on any atom is -0.462 e. The predicted octanol–water partition coefficient (Wildman–Crippen LogP) is 2.41. The molecule has 0 fully saturated rings. The number of fused-ring (bicyclic) bond motifs is 1. The van der Waals surface area contributed by atoms with Crippen molar-refractivity contribution in [3.8, 4) is 0 Å². The number of nitro groups is 1. The van der Waals surface area contributed by atoms with Gasteiger partial charge in [-0.3, -0.25) is 19.7 Å². The summed E-state index contributed by atoms with van der Waals surface area (Å²) in [5, 5.41) is 17.3. The van der Waals surface area contributed by atoms with Crippen LogP contribution in [0.1, 0.15) is 39.7 Å². The van der Waals surface area contributed by atoms with Crippen LogP contribution >= 0.6 is 11.3 Å². The highest BCUT2D eigenvalue weighted by atomic mass is 32.1. The van der Waals surface area contributed by atoms with E-state index in [2.05, 4.69) is 10.4 Å². The van der Waals surface area contributed by atoms with Gasteiger partial charge in [-0.1, -0.05) is 12.1 Å². The molecule has 3 rings (SSSR count). The van der Waals surface area contributed by atoms with E-state index in [4.69, 9.17) is 4.74 Å². The Hall–Kier alpha value is -3.60. The Morgan fingerprint density at radius 2 is 2.03 bits per heavy atom. The highest BCUT2D eigenvalue weighted by molar-refractivity contribution is 7.17. The Bertz CT molecular complexity index is 1050. The molecule has 0 unspecified atom stereocenters. The van der Waals surface area contributed by atoms with Crippen LogP contribution in [0.3, 0.4) is 0 Å². The van der Waals surface area contributed by atoms with Gasteiger partial charge in [0.25, 0.3) is 5.69 Å². The highest BCUT2D eigenvalue weighted by Crippen LogP contribution is 2.39. The van der Waals surface area contributed by atoms with Gasteiger partial charge in [-0.05, 0) is 37.8 Å². The predicted molar refractivity (Wildman–Crippen MR) is 110 cm³/mol. The number of thiophene rings is 1. The van der Waals surface area contributed by atoms with Crippen LogP contribution in [0.15, 0.2) is 29.4 Å². The number of carbonyl (C=O) groups is 3. The second-order valence-electron chi connectivity index (χ2n) is 6.25. The number of aryl methyl sites for hydroxylation is 1. The molecule has 2 aromatic rings. The van der Waals surface area contributed by atoms with E-state index < -0.39 is 22.7 Å². The summed E-state index contributed by atoms with van der Waals surface area (Å²) in [6.07, 6.45) is 3.51. The van der Waals surface area contributed by atoms with Crippen molar-refractivity contribution in [2.75, 3.05) is 11.9 Å². The molecule has 1 aliphatic rings. The molecule has 1 aliphatic carbocycles. The molecule has 30 heavy (non-hydrogen) atoms. The fourth-order valence-corrected chi connectivity index (χ4v) is 4.32. The average molecular weight is 430 g/mol. The molecule has 0 atom stereocenters. The molecule has 0 saturated carbocycles. The van der Waals surface area contributed by atoms with Crippen molar-refractivity contribution in [3.63, 3.8) is 0 Å². The van der Waals surface area contributed by atoms with Crippen LogP contribution in [-0.4, -0.2) is 35.5 Å². The molecule has 0 spiro atoms. The number of amides is 2. The maximum atomic E-state index is 12.3. The van der Waals surface area contributed by atoms with Crippen LogP contribution < -0.4 is 10.7 Å². The first-order chi connectivity index (χ1) is 14.4. The molecule has 1 aromatic carbocycles. The van der Waals surface area contributed by atoms with E-state index in [1.54, 1.807) is 13.0 Å². The molecule has 156 valence electrons. The third-order valence-electron chi connectivity index (χ3n) is 4.34. The summed E-state index contributed by atoms with van der Waals surface area (Å²) in [5.41, 5.74) is 3.15. The number of hydrazone groups is 1. The number of ether oxygens (including phenoxy) is 1. The van der Waals surface area contributed by atoms with Crippen molar-refractivity contribution in [1.29, 1.82) is 0 Å². The van der Waals surface area contributed by atoms with E-state index in [0.717, 1.165) is 29.5 Å². The number of benzene rings is 1. The van der Waals surface area contributed by atoms with Gasteiger partial charge < -0.3 is 10.1 Å². The van der Waals surface area contributed by atoms with Gasteiger partial charge in [-0.25, -0.2) is 10.2 Å². The number of rotatable bonds is 6. The van der Waals surface area contributed by atoms with Gasteiger partial charge in [0.05, 0.1) is 28.9 Å². The van der Waals surface area contributed by atoms with E-state index in [1.807, 2.05) is 5.43 Å². The monoisotopic (exact) mass is 430 g/mol. The summed E-state index contributed by atoms with van der Waals surface area (Å²) in [6, 6.07) is 5.83. The first-order valence-corrected chi connectivity index (χ1v) is 9.93. The number of para-hydroxylation sites is 1. The normalized spacial score (nSPS) is 12.4. The summed E-state index contributed by atoms with van der Waals surface area (Å²) in [7, 11) is 0. The second kappa shape index (κ2) is 9.27. The van der Waals surface area contributed by atoms with E-state index in [1.165, 1.54) is 29.5 Å². The lowest BCUT2D eigenvalue weighted by atomic mass is 10.1. The zero-order chi connectivity index (χ0) is 21.7. The Labute approximate surface area is 175 Å². The first kappa shape index (κ1) is 21.1. The third kappa shape index (κ3) is 4.51. The van der Waals surface area contributed by atoms with Crippen molar-refractivity contribution < 1.29 is 24.0 Å². The van der Waals surface area contributed by atoms with Gasteiger partial charge >= 0.3 is 17.8 Å². The molecule has 2 N–H and O–H groups in total. The number of hydrogen-bond acceptors (Lipinski definition) is 8. The van der Waals surface area contributed by atoms with E-state index in [-0.39, 0.29) is 22.9 Å². The molecule has 0 saturated heterocycles. The Kier molecular flexibility index (Phi) is 6.52. The first-order valence-electron chi connectivity index (χ1n) is 9.11. The SMILES string of the molecule is CCOC(=O)c1c(NC(=O)C(=O)NN=Cc2ccccc2[N+](=O)[O-])sc2c1CCC2. The lowest BCUT2D eigenvalue weighted by Crippen LogP contribution is -2.32. The standard InChI is InChI=1S/C19H18N4O6S/c1-2-29-19(26)15-12-7-5-9-14(12)30-18(15)21-16(24)17(25)22-20-10-11-6-3-4-8-13(11)23(27)28/h3-4,6,8,10H,2,5,7,9H2,1H3,(H,21,24)(H,22,25). The molecule has 1 heterocycles. The van der Waals surface area contributed by atoms with Crippen LogP contribution in [0, 0.1) is 10.1 Å². The van der Waals surface area contributed by atoms with Crippen LogP contribution in [0.4, 0.5) is 10.7 Å². The topological polar surface area (TPSA) is 140 Å². The largest absolute Gasteiger partial charge is 0.462 e. The van der Waals surface area contributed by atoms with Gasteiger partial charge in [0.2, 0.25) is 0 Å². The zero-order valence-electron chi connectivity index (χ0n) is 16.0. The van der Waals surface area contributed by atoms with Crippen LogP contribution in [-0.2, 0) is 27.2 Å². The Morgan fingerprint density at radius 3 is 2.77 bits per heavy atom. The molecule has 11 heteroatoms. The Balaban J connectivity index is 1.69. The Morgan fingerprint density at radius 1 is 1.27 bits per heavy atom. The lowest BCUT2D eigenvalue weighted by molar-refractivity contribution is -0.385. The van der Waals surface area contributed by atoms with Crippen molar-refractivity contribution in [2.24, 2.45) is 5.10 Å². The average Bonchev–Trinajstić information content (AvgIpc) is 3.28. The number of esters is 1. The lowest BCUT2D eigenvalue weighted by Gasteiger charge is -2.07. The minimum atomic E-state index is -1.08. The smallest absolute Gasteiger partial charge is 0.341 e. The van der Waals surface area contributed by atoms with Crippen LogP contribution in [0.25, 0.3) is 0 Å². The summed E-state index contributed by atoms with van der Waals surface area (Å²) in [5.74, 6) is -2.63. The number of nitrogens with zero attached hydrogens (tertiary/aromatic N) is 2. The summed E-state index contributed by atoms with van der Waals surface area (Å²) in [6.45, 7) is 1.88. The summed E-state index contributed by atoms with van der Waals surface area (Å²) in [4.78, 5) is 48.0. The minimum absolute atomic E-state index is 0.169. The third-order valence-corrected chi connectivity index (χ3v) is 5.54. The molecule has 1 aromatic heterocycles. The number of nitro benzene ring substituents is 1. The number of carbonyl (C=O) groups excluding carboxylic acids is 3.